The fourth-order valence-corrected chi connectivity index (χ4v) is 3.22. The molecule has 0 unspecified atom stereocenters. The van der Waals surface area contributed by atoms with E-state index in [4.69, 9.17) is 4.74 Å². The minimum atomic E-state index is -0.626. The van der Waals surface area contributed by atoms with Gasteiger partial charge in [0.15, 0.2) is 18.2 Å². The van der Waals surface area contributed by atoms with Crippen molar-refractivity contribution in [2.45, 2.75) is 52.6 Å². The molecule has 2 aromatic carbocycles. The fourth-order valence-electron chi connectivity index (χ4n) is 3.22. The molecule has 1 N–H and O–H groups in total. The Morgan fingerprint density at radius 3 is 2.57 bits per heavy atom. The zero-order valence-electron chi connectivity index (χ0n) is 18.0. The topological polar surface area (TPSA) is 58.6 Å². The van der Waals surface area contributed by atoms with E-state index < -0.39 is 11.9 Å². The summed E-state index contributed by atoms with van der Waals surface area (Å²) in [7, 11) is 0. The van der Waals surface area contributed by atoms with E-state index in [0.717, 1.165) is 24.0 Å². The molecule has 2 aromatic rings. The van der Waals surface area contributed by atoms with Crippen LogP contribution in [0.1, 0.15) is 44.2 Å². The van der Waals surface area contributed by atoms with Gasteiger partial charge in [-0.2, -0.15) is 0 Å². The summed E-state index contributed by atoms with van der Waals surface area (Å²) < 4.78 is 19.3. The number of ether oxygens (including phenoxy) is 1. The van der Waals surface area contributed by atoms with Crippen LogP contribution in [0, 0.1) is 12.7 Å². The second kappa shape index (κ2) is 12.0. The second-order valence-electron chi connectivity index (χ2n) is 7.30. The molecule has 0 spiro atoms. The largest absolute Gasteiger partial charge is 0.481 e. The van der Waals surface area contributed by atoms with Crippen LogP contribution in [0.5, 0.6) is 5.75 Å². The lowest BCUT2D eigenvalue weighted by molar-refractivity contribution is -0.143. The number of halogens is 1. The molecule has 0 heterocycles. The summed E-state index contributed by atoms with van der Waals surface area (Å²) in [4.78, 5) is 27.3. The SMILES string of the molecule is CCCCNC(=O)[C@@H](CC)N(Cc1cccc(C)c1)C(=O)COc1ccccc1F. The smallest absolute Gasteiger partial charge is 0.261 e. The van der Waals surface area contributed by atoms with Crippen molar-refractivity contribution in [3.63, 3.8) is 0 Å². The van der Waals surface area contributed by atoms with Gasteiger partial charge in [0, 0.05) is 13.1 Å². The molecule has 6 heteroatoms. The predicted molar refractivity (Wildman–Crippen MR) is 116 cm³/mol. The molecule has 0 aliphatic rings. The zero-order valence-corrected chi connectivity index (χ0v) is 18.0. The lowest BCUT2D eigenvalue weighted by Crippen LogP contribution is -2.50. The summed E-state index contributed by atoms with van der Waals surface area (Å²) in [6.07, 6.45) is 2.32. The van der Waals surface area contributed by atoms with Gasteiger partial charge < -0.3 is 15.0 Å². The van der Waals surface area contributed by atoms with Crippen molar-refractivity contribution in [1.82, 2.24) is 10.2 Å². The average Bonchev–Trinajstić information content (AvgIpc) is 2.73. The van der Waals surface area contributed by atoms with Crippen LogP contribution in [0.15, 0.2) is 48.5 Å². The highest BCUT2D eigenvalue weighted by Gasteiger charge is 2.29. The van der Waals surface area contributed by atoms with Gasteiger partial charge >= 0.3 is 0 Å². The number of amides is 2. The molecule has 0 radical (unpaired) electrons. The highest BCUT2D eigenvalue weighted by molar-refractivity contribution is 5.88. The van der Waals surface area contributed by atoms with E-state index in [9.17, 15) is 14.0 Å². The first-order chi connectivity index (χ1) is 14.5. The molecule has 1 atom stereocenters. The third-order valence-corrected chi connectivity index (χ3v) is 4.84. The first-order valence-corrected chi connectivity index (χ1v) is 10.5. The lowest BCUT2D eigenvalue weighted by Gasteiger charge is -2.30. The molecular weight excluding hydrogens is 383 g/mol. The molecule has 0 saturated heterocycles. The summed E-state index contributed by atoms with van der Waals surface area (Å²) in [6.45, 7) is 6.41. The number of aryl methyl sites for hydroxylation is 1. The van der Waals surface area contributed by atoms with Gasteiger partial charge in [-0.3, -0.25) is 9.59 Å². The first kappa shape index (κ1) is 23.4. The van der Waals surface area contributed by atoms with Gasteiger partial charge in [-0.25, -0.2) is 4.39 Å². The molecule has 0 aromatic heterocycles. The maximum atomic E-state index is 13.8. The van der Waals surface area contributed by atoms with Crippen molar-refractivity contribution in [2.75, 3.05) is 13.2 Å². The maximum absolute atomic E-state index is 13.8. The fraction of sp³-hybridized carbons (Fsp3) is 0.417. The number of nitrogens with zero attached hydrogens (tertiary/aromatic N) is 1. The molecule has 5 nitrogen and oxygen atoms in total. The molecule has 30 heavy (non-hydrogen) atoms. The van der Waals surface area contributed by atoms with Crippen LogP contribution in [0.25, 0.3) is 0 Å². The van der Waals surface area contributed by atoms with Gasteiger partial charge in [0.1, 0.15) is 6.04 Å². The van der Waals surface area contributed by atoms with E-state index in [1.165, 1.54) is 17.0 Å². The van der Waals surface area contributed by atoms with Gasteiger partial charge in [-0.05, 0) is 37.5 Å². The third-order valence-electron chi connectivity index (χ3n) is 4.84. The number of carbonyl (C=O) groups is 2. The standard InChI is InChI=1S/C24H31FN2O3/c1-4-6-14-26-24(29)21(5-2)27(16-19-11-9-10-18(3)15-19)23(28)17-30-22-13-8-7-12-20(22)25/h7-13,15,21H,4-6,14,16-17H2,1-3H3,(H,26,29)/t21-/m1/s1. The summed E-state index contributed by atoms with van der Waals surface area (Å²) in [5.41, 5.74) is 2.00. The quantitative estimate of drug-likeness (QED) is 0.560. The molecule has 0 fully saturated rings. The number of hydrogen-bond donors (Lipinski definition) is 1. The Labute approximate surface area is 178 Å². The summed E-state index contributed by atoms with van der Waals surface area (Å²) in [5, 5.41) is 2.92. The molecule has 2 amide bonds. The van der Waals surface area contributed by atoms with E-state index in [2.05, 4.69) is 12.2 Å². The number of benzene rings is 2. The molecule has 0 aliphatic heterocycles. The number of para-hydroxylation sites is 1. The minimum Gasteiger partial charge on any atom is -0.481 e. The van der Waals surface area contributed by atoms with Crippen molar-refractivity contribution in [1.29, 1.82) is 0 Å². The van der Waals surface area contributed by atoms with Gasteiger partial charge in [0.05, 0.1) is 0 Å². The minimum absolute atomic E-state index is 0.0156. The van der Waals surface area contributed by atoms with Crippen molar-refractivity contribution in [3.05, 3.63) is 65.5 Å². The van der Waals surface area contributed by atoms with Crippen LogP contribution >= 0.6 is 0 Å². The van der Waals surface area contributed by atoms with Crippen LogP contribution in [-0.2, 0) is 16.1 Å². The van der Waals surface area contributed by atoms with Crippen molar-refractivity contribution >= 4 is 11.8 Å². The molecule has 162 valence electrons. The van der Waals surface area contributed by atoms with E-state index >= 15 is 0 Å². The Morgan fingerprint density at radius 2 is 1.90 bits per heavy atom. The number of nitrogens with one attached hydrogen (secondary N) is 1. The Balaban J connectivity index is 2.18. The zero-order chi connectivity index (χ0) is 21.9. The summed E-state index contributed by atoms with van der Waals surface area (Å²) in [5.74, 6) is -1.06. The van der Waals surface area contributed by atoms with Crippen LogP contribution in [-0.4, -0.2) is 35.9 Å². The number of rotatable bonds is 11. The number of hydrogen-bond acceptors (Lipinski definition) is 3. The van der Waals surface area contributed by atoms with E-state index in [1.807, 2.05) is 38.1 Å². The third kappa shape index (κ3) is 6.87. The molecular formula is C24H31FN2O3. The lowest BCUT2D eigenvalue weighted by atomic mass is 10.1. The van der Waals surface area contributed by atoms with Gasteiger partial charge in [-0.15, -0.1) is 0 Å². The summed E-state index contributed by atoms with van der Waals surface area (Å²) >= 11 is 0. The second-order valence-corrected chi connectivity index (χ2v) is 7.30. The molecule has 0 saturated carbocycles. The van der Waals surface area contributed by atoms with E-state index in [-0.39, 0.29) is 30.7 Å². The maximum Gasteiger partial charge on any atom is 0.261 e. The van der Waals surface area contributed by atoms with Crippen LogP contribution in [0.2, 0.25) is 0 Å². The molecule has 2 rings (SSSR count). The average molecular weight is 415 g/mol. The summed E-state index contributed by atoms with van der Waals surface area (Å²) in [6, 6.07) is 13.1. The number of unbranched alkanes of at least 4 members (excludes halogenated alkanes) is 1. The Bertz CT molecular complexity index is 841. The first-order valence-electron chi connectivity index (χ1n) is 10.5. The van der Waals surface area contributed by atoms with Crippen molar-refractivity contribution in [3.8, 4) is 5.75 Å². The normalized spacial score (nSPS) is 11.6. The monoisotopic (exact) mass is 414 g/mol. The van der Waals surface area contributed by atoms with Crippen LogP contribution in [0.3, 0.4) is 0 Å². The Kier molecular flexibility index (Phi) is 9.32. The highest BCUT2D eigenvalue weighted by Crippen LogP contribution is 2.17. The molecule has 0 bridgehead atoms. The van der Waals surface area contributed by atoms with Crippen LogP contribution in [0.4, 0.5) is 4.39 Å². The Morgan fingerprint density at radius 1 is 1.13 bits per heavy atom. The molecule has 0 aliphatic carbocycles. The van der Waals surface area contributed by atoms with Crippen molar-refractivity contribution in [2.24, 2.45) is 0 Å². The van der Waals surface area contributed by atoms with E-state index in [0.29, 0.717) is 13.0 Å². The van der Waals surface area contributed by atoms with Gasteiger partial charge in [0.2, 0.25) is 5.91 Å². The number of carbonyl (C=O) groups excluding carboxylic acids is 2. The predicted octanol–water partition coefficient (Wildman–Crippen LogP) is 4.24. The van der Waals surface area contributed by atoms with Gasteiger partial charge in [0.25, 0.3) is 5.91 Å². The van der Waals surface area contributed by atoms with Gasteiger partial charge in [-0.1, -0.05) is 62.2 Å². The van der Waals surface area contributed by atoms with E-state index in [1.54, 1.807) is 12.1 Å². The van der Waals surface area contributed by atoms with Crippen molar-refractivity contribution < 1.29 is 18.7 Å². The van der Waals surface area contributed by atoms with Crippen LogP contribution < -0.4 is 10.1 Å². The highest BCUT2D eigenvalue weighted by atomic mass is 19.1. The Hall–Kier alpha value is -2.89.